The van der Waals surface area contributed by atoms with Crippen LogP contribution in [0.4, 0.5) is 11.4 Å². The molecule has 1 N–H and O–H groups in total. The van der Waals surface area contributed by atoms with Crippen molar-refractivity contribution in [2.24, 2.45) is 0 Å². The van der Waals surface area contributed by atoms with Gasteiger partial charge in [0, 0.05) is 31.0 Å². The lowest BCUT2D eigenvalue weighted by Crippen LogP contribution is -2.36. The number of nitrogens with one attached hydrogen (secondary N) is 1. The van der Waals surface area contributed by atoms with Crippen molar-refractivity contribution in [2.45, 2.75) is 6.92 Å². The number of hydrogen-bond acceptors (Lipinski definition) is 5. The summed E-state index contributed by atoms with van der Waals surface area (Å²) in [6, 6.07) is 15.9. The molecule has 0 atom stereocenters. The first-order valence-corrected chi connectivity index (χ1v) is 9.71. The van der Waals surface area contributed by atoms with Gasteiger partial charge in [0.1, 0.15) is 12.4 Å². The quantitative estimate of drug-likeness (QED) is 0.760. The second-order valence-electron chi connectivity index (χ2n) is 7.10. The van der Waals surface area contributed by atoms with Crippen LogP contribution in [0.25, 0.3) is 0 Å². The van der Waals surface area contributed by atoms with E-state index in [9.17, 15) is 4.79 Å². The highest BCUT2D eigenvalue weighted by molar-refractivity contribution is 5.92. The Hall–Kier alpha value is -2.57. The molecule has 1 saturated heterocycles. The average molecular weight is 383 g/mol. The number of carbonyl (C=O) groups excluding carboxylic acids is 1. The number of rotatable bonds is 8. The predicted octanol–water partition coefficient (Wildman–Crippen LogP) is 2.78. The fourth-order valence-corrected chi connectivity index (χ4v) is 3.13. The number of ether oxygens (including phenoxy) is 2. The van der Waals surface area contributed by atoms with Crippen LogP contribution in [0.3, 0.4) is 0 Å². The summed E-state index contributed by atoms with van der Waals surface area (Å²) in [6.07, 6.45) is 0. The Balaban J connectivity index is 1.39. The highest BCUT2D eigenvalue weighted by atomic mass is 16.5. The van der Waals surface area contributed by atoms with Gasteiger partial charge in [-0.2, -0.15) is 0 Å². The van der Waals surface area contributed by atoms with Gasteiger partial charge >= 0.3 is 0 Å². The summed E-state index contributed by atoms with van der Waals surface area (Å²) in [6.45, 7) is 6.91. The molecule has 6 heteroatoms. The highest BCUT2D eigenvalue weighted by Gasteiger charge is 2.12. The van der Waals surface area contributed by atoms with E-state index in [4.69, 9.17) is 9.47 Å². The third-order valence-electron chi connectivity index (χ3n) is 4.67. The van der Waals surface area contributed by atoms with E-state index in [1.54, 1.807) is 0 Å². The molecule has 1 amide bonds. The van der Waals surface area contributed by atoms with Gasteiger partial charge in [0.05, 0.1) is 19.8 Å². The molecule has 6 nitrogen and oxygen atoms in total. The van der Waals surface area contributed by atoms with E-state index in [2.05, 4.69) is 10.2 Å². The molecular formula is C22H29N3O3. The van der Waals surface area contributed by atoms with Crippen molar-refractivity contribution >= 4 is 17.3 Å². The number of aryl methyl sites for hydroxylation is 1. The van der Waals surface area contributed by atoms with Gasteiger partial charge < -0.3 is 19.7 Å². The molecule has 150 valence electrons. The summed E-state index contributed by atoms with van der Waals surface area (Å²) in [7, 11) is 1.92. The molecule has 1 aliphatic heterocycles. The maximum absolute atomic E-state index is 12.3. The van der Waals surface area contributed by atoms with E-state index in [0.717, 1.165) is 43.4 Å². The van der Waals surface area contributed by atoms with Gasteiger partial charge in [0.2, 0.25) is 5.91 Å². The first-order chi connectivity index (χ1) is 13.6. The second-order valence-corrected chi connectivity index (χ2v) is 7.10. The van der Waals surface area contributed by atoms with Crippen molar-refractivity contribution in [3.8, 4) is 5.75 Å². The Morgan fingerprint density at radius 1 is 1.18 bits per heavy atom. The van der Waals surface area contributed by atoms with Gasteiger partial charge in [-0.15, -0.1) is 0 Å². The van der Waals surface area contributed by atoms with Crippen LogP contribution in [0.15, 0.2) is 48.5 Å². The van der Waals surface area contributed by atoms with Gasteiger partial charge in [-0.25, -0.2) is 0 Å². The Kier molecular flexibility index (Phi) is 7.28. The van der Waals surface area contributed by atoms with E-state index in [1.165, 1.54) is 5.56 Å². The predicted molar refractivity (Wildman–Crippen MR) is 112 cm³/mol. The monoisotopic (exact) mass is 383 g/mol. The van der Waals surface area contributed by atoms with Gasteiger partial charge in [-0.3, -0.25) is 9.69 Å². The molecule has 28 heavy (non-hydrogen) atoms. The number of benzene rings is 2. The van der Waals surface area contributed by atoms with Gasteiger partial charge in [-0.05, 0) is 55.9 Å². The van der Waals surface area contributed by atoms with Crippen LogP contribution in [-0.4, -0.2) is 63.9 Å². The fraction of sp³-hybridized carbons (Fsp3) is 0.409. The molecular weight excluding hydrogens is 354 g/mol. The largest absolute Gasteiger partial charge is 0.492 e. The van der Waals surface area contributed by atoms with Crippen molar-refractivity contribution in [1.29, 1.82) is 0 Å². The molecule has 2 aromatic carbocycles. The number of carbonyl (C=O) groups is 1. The maximum atomic E-state index is 12.3. The van der Waals surface area contributed by atoms with E-state index >= 15 is 0 Å². The molecule has 0 saturated carbocycles. The number of anilines is 2. The van der Waals surface area contributed by atoms with E-state index in [0.29, 0.717) is 19.7 Å². The summed E-state index contributed by atoms with van der Waals surface area (Å²) < 4.78 is 11.1. The summed E-state index contributed by atoms with van der Waals surface area (Å²) >= 11 is 0. The zero-order valence-electron chi connectivity index (χ0n) is 16.7. The molecule has 0 spiro atoms. The molecule has 0 aliphatic carbocycles. The van der Waals surface area contributed by atoms with Crippen LogP contribution < -0.4 is 15.0 Å². The average Bonchev–Trinajstić information content (AvgIpc) is 2.69. The lowest BCUT2D eigenvalue weighted by Gasteiger charge is -2.28. The first-order valence-electron chi connectivity index (χ1n) is 9.71. The fourth-order valence-electron chi connectivity index (χ4n) is 3.13. The van der Waals surface area contributed by atoms with E-state index < -0.39 is 0 Å². The minimum Gasteiger partial charge on any atom is -0.492 e. The van der Waals surface area contributed by atoms with Crippen molar-refractivity contribution in [1.82, 2.24) is 4.90 Å². The second kappa shape index (κ2) is 10.1. The maximum Gasteiger partial charge on any atom is 0.238 e. The van der Waals surface area contributed by atoms with Crippen LogP contribution in [-0.2, 0) is 9.53 Å². The van der Waals surface area contributed by atoms with Gasteiger partial charge in [0.15, 0.2) is 0 Å². The van der Waals surface area contributed by atoms with Gasteiger partial charge in [-0.1, -0.05) is 12.1 Å². The Morgan fingerprint density at radius 3 is 2.64 bits per heavy atom. The minimum atomic E-state index is -0.0304. The normalized spacial score (nSPS) is 14.2. The molecule has 0 unspecified atom stereocenters. The summed E-state index contributed by atoms with van der Waals surface area (Å²) in [5.74, 6) is 0.829. The topological polar surface area (TPSA) is 54.0 Å². The lowest BCUT2D eigenvalue weighted by atomic mass is 10.2. The Morgan fingerprint density at radius 2 is 1.93 bits per heavy atom. The number of likely N-dealkylation sites (N-methyl/N-ethyl adjacent to an activating group) is 1. The SMILES string of the molecule is Cc1cccc(OCCN(C)CC(=O)Nc2ccc(N3CCOCC3)cc2)c1. The van der Waals surface area contributed by atoms with Crippen LogP contribution >= 0.6 is 0 Å². The van der Waals surface area contributed by atoms with Crippen molar-refractivity contribution in [2.75, 3.05) is 63.3 Å². The number of hydrogen-bond donors (Lipinski definition) is 1. The van der Waals surface area contributed by atoms with Crippen LogP contribution in [0.2, 0.25) is 0 Å². The van der Waals surface area contributed by atoms with Crippen LogP contribution in [0.1, 0.15) is 5.56 Å². The number of morpholine rings is 1. The third kappa shape index (κ3) is 6.25. The molecule has 1 aliphatic rings. The minimum absolute atomic E-state index is 0.0304. The molecule has 1 heterocycles. The summed E-state index contributed by atoms with van der Waals surface area (Å²) in [4.78, 5) is 16.5. The standard InChI is InChI=1S/C22H29N3O3/c1-18-4-3-5-21(16-18)28-15-10-24(2)17-22(26)23-19-6-8-20(9-7-19)25-11-13-27-14-12-25/h3-9,16H,10-15,17H2,1-2H3,(H,23,26). The number of nitrogens with zero attached hydrogens (tertiary/aromatic N) is 2. The summed E-state index contributed by atoms with van der Waals surface area (Å²) in [5, 5.41) is 2.95. The van der Waals surface area contributed by atoms with Crippen LogP contribution in [0.5, 0.6) is 5.75 Å². The molecule has 0 bridgehead atoms. The molecule has 0 aromatic heterocycles. The van der Waals surface area contributed by atoms with Crippen LogP contribution in [0, 0.1) is 6.92 Å². The first kappa shape index (κ1) is 20.2. The summed E-state index contributed by atoms with van der Waals surface area (Å²) in [5.41, 5.74) is 3.14. The van der Waals surface area contributed by atoms with Crippen molar-refractivity contribution < 1.29 is 14.3 Å². The molecule has 3 rings (SSSR count). The lowest BCUT2D eigenvalue weighted by molar-refractivity contribution is -0.117. The highest BCUT2D eigenvalue weighted by Crippen LogP contribution is 2.19. The molecule has 2 aromatic rings. The number of amides is 1. The zero-order valence-corrected chi connectivity index (χ0v) is 16.7. The smallest absolute Gasteiger partial charge is 0.238 e. The van der Waals surface area contributed by atoms with E-state index in [1.807, 2.05) is 67.4 Å². The Bertz CT molecular complexity index is 758. The van der Waals surface area contributed by atoms with E-state index in [-0.39, 0.29) is 5.91 Å². The van der Waals surface area contributed by atoms with Crippen molar-refractivity contribution in [3.05, 3.63) is 54.1 Å². The molecule has 1 fully saturated rings. The molecule has 0 radical (unpaired) electrons. The zero-order chi connectivity index (χ0) is 19.8. The van der Waals surface area contributed by atoms with Crippen molar-refractivity contribution in [3.63, 3.8) is 0 Å². The van der Waals surface area contributed by atoms with Gasteiger partial charge in [0.25, 0.3) is 0 Å². The third-order valence-corrected chi connectivity index (χ3v) is 4.67. The Labute approximate surface area is 167 Å².